The number of carbonyl (C=O) groups excluding carboxylic acids is 2. The van der Waals surface area contributed by atoms with Gasteiger partial charge in [0.1, 0.15) is 13.2 Å². The Balaban J connectivity index is 2.59. The molecule has 0 radical (unpaired) electrons. The molecule has 1 unspecified atom stereocenters. The molecule has 1 rings (SSSR count). The first-order chi connectivity index (χ1) is 14.6. The quantitative estimate of drug-likeness (QED) is 0.227. The van der Waals surface area contributed by atoms with Crippen molar-refractivity contribution in [1.29, 1.82) is 0 Å². The third-order valence-corrected chi connectivity index (χ3v) is 3.78. The van der Waals surface area contributed by atoms with E-state index >= 15 is 0 Å². The fraction of sp³-hybridized carbons (Fsp3) is 0.524. The van der Waals surface area contributed by atoms with Gasteiger partial charge in [-0.3, -0.25) is 4.79 Å². The summed E-state index contributed by atoms with van der Waals surface area (Å²) < 4.78 is 51.9. The SMILES string of the molecule is COCCOCOC(=C(F)F)C(OC(=O)CNC(=O)OCc1ccccc1)C(C)(C)C. The molecule has 1 atom stereocenters. The molecule has 0 aromatic heterocycles. The first-order valence-electron chi connectivity index (χ1n) is 9.53. The van der Waals surface area contributed by atoms with Crippen molar-refractivity contribution in [2.24, 2.45) is 5.41 Å². The van der Waals surface area contributed by atoms with Crippen molar-refractivity contribution in [1.82, 2.24) is 5.32 Å². The summed E-state index contributed by atoms with van der Waals surface area (Å²) in [7, 11) is 1.47. The van der Waals surface area contributed by atoms with Crippen LogP contribution >= 0.6 is 0 Å². The number of methoxy groups -OCH3 is 1. The van der Waals surface area contributed by atoms with Gasteiger partial charge in [-0.25, -0.2) is 4.79 Å². The number of esters is 1. The summed E-state index contributed by atoms with van der Waals surface area (Å²) in [6, 6.07) is 8.95. The van der Waals surface area contributed by atoms with E-state index in [0.717, 1.165) is 5.56 Å². The summed E-state index contributed by atoms with van der Waals surface area (Å²) in [4.78, 5) is 23.9. The van der Waals surface area contributed by atoms with E-state index < -0.39 is 48.8 Å². The minimum Gasteiger partial charge on any atom is -0.462 e. The van der Waals surface area contributed by atoms with Crippen LogP contribution in [0.15, 0.2) is 42.2 Å². The van der Waals surface area contributed by atoms with Gasteiger partial charge in [0, 0.05) is 12.5 Å². The molecule has 10 heteroatoms. The van der Waals surface area contributed by atoms with Gasteiger partial charge in [0.15, 0.2) is 12.9 Å². The molecule has 0 heterocycles. The first-order valence-corrected chi connectivity index (χ1v) is 9.53. The molecular formula is C21H29F2NO7. The molecule has 174 valence electrons. The summed E-state index contributed by atoms with van der Waals surface area (Å²) in [5.74, 6) is -1.75. The van der Waals surface area contributed by atoms with Crippen LogP contribution in [0.5, 0.6) is 0 Å². The third-order valence-electron chi connectivity index (χ3n) is 3.78. The van der Waals surface area contributed by atoms with E-state index in [-0.39, 0.29) is 19.8 Å². The second-order valence-corrected chi connectivity index (χ2v) is 7.44. The Hall–Kier alpha value is -2.72. The lowest BCUT2D eigenvalue weighted by Crippen LogP contribution is -2.39. The topological polar surface area (TPSA) is 92.3 Å². The van der Waals surface area contributed by atoms with E-state index in [2.05, 4.69) is 5.32 Å². The van der Waals surface area contributed by atoms with Crippen molar-refractivity contribution in [3.05, 3.63) is 47.7 Å². The van der Waals surface area contributed by atoms with E-state index in [4.69, 9.17) is 23.7 Å². The van der Waals surface area contributed by atoms with Gasteiger partial charge in [-0.1, -0.05) is 51.1 Å². The molecule has 1 amide bonds. The van der Waals surface area contributed by atoms with E-state index in [1.807, 2.05) is 6.07 Å². The Labute approximate surface area is 180 Å². The number of rotatable bonds is 12. The second kappa shape index (κ2) is 13.6. The van der Waals surface area contributed by atoms with Gasteiger partial charge in [0.25, 0.3) is 0 Å². The van der Waals surface area contributed by atoms with Crippen molar-refractivity contribution in [3.8, 4) is 0 Å². The van der Waals surface area contributed by atoms with Crippen LogP contribution in [0.3, 0.4) is 0 Å². The number of hydrogen-bond acceptors (Lipinski definition) is 7. The maximum Gasteiger partial charge on any atom is 0.407 e. The molecule has 0 aliphatic heterocycles. The summed E-state index contributed by atoms with van der Waals surface area (Å²) in [6.45, 7) is 4.20. The summed E-state index contributed by atoms with van der Waals surface area (Å²) in [5.41, 5.74) is -0.152. The average Bonchev–Trinajstić information content (AvgIpc) is 2.72. The Morgan fingerprint density at radius 1 is 1.06 bits per heavy atom. The van der Waals surface area contributed by atoms with Crippen LogP contribution < -0.4 is 5.32 Å². The first kappa shape index (κ1) is 26.3. The van der Waals surface area contributed by atoms with E-state index in [1.165, 1.54) is 7.11 Å². The van der Waals surface area contributed by atoms with Gasteiger partial charge in [0.05, 0.1) is 13.2 Å². The van der Waals surface area contributed by atoms with Crippen LogP contribution in [0.2, 0.25) is 0 Å². The minimum atomic E-state index is -2.14. The summed E-state index contributed by atoms with van der Waals surface area (Å²) >= 11 is 0. The number of amides is 1. The van der Waals surface area contributed by atoms with Crippen molar-refractivity contribution < 1.29 is 42.1 Å². The highest BCUT2D eigenvalue weighted by Gasteiger charge is 2.36. The maximum atomic E-state index is 13.5. The lowest BCUT2D eigenvalue weighted by molar-refractivity contribution is -0.156. The van der Waals surface area contributed by atoms with Crippen LogP contribution in [-0.2, 0) is 35.1 Å². The zero-order valence-corrected chi connectivity index (χ0v) is 18.1. The largest absolute Gasteiger partial charge is 0.462 e. The molecule has 0 saturated carbocycles. The standard InChI is InChI=1S/C21H29F2NO7/c1-21(2,3)18(17(19(22)23)30-14-28-11-10-27-4)31-16(25)12-24-20(26)29-13-15-8-6-5-7-9-15/h5-9,18H,10-14H2,1-4H3,(H,24,26). The van der Waals surface area contributed by atoms with Crippen molar-refractivity contribution in [2.45, 2.75) is 33.5 Å². The zero-order chi connectivity index (χ0) is 23.3. The van der Waals surface area contributed by atoms with Gasteiger partial charge < -0.3 is 29.0 Å². The highest BCUT2D eigenvalue weighted by atomic mass is 19.3. The lowest BCUT2D eigenvalue weighted by atomic mass is 9.88. The summed E-state index contributed by atoms with van der Waals surface area (Å²) in [5, 5.41) is 2.23. The molecule has 0 aliphatic rings. The van der Waals surface area contributed by atoms with Crippen LogP contribution in [0.4, 0.5) is 13.6 Å². The second-order valence-electron chi connectivity index (χ2n) is 7.44. The predicted molar refractivity (Wildman–Crippen MR) is 107 cm³/mol. The normalized spacial score (nSPS) is 11.9. The summed E-state index contributed by atoms with van der Waals surface area (Å²) in [6.07, 6.45) is -4.39. The minimum absolute atomic E-state index is 0.0171. The molecule has 1 N–H and O–H groups in total. The van der Waals surface area contributed by atoms with Crippen molar-refractivity contribution in [2.75, 3.05) is 33.7 Å². The Bertz CT molecular complexity index is 716. The average molecular weight is 445 g/mol. The number of nitrogens with one attached hydrogen (secondary N) is 1. The van der Waals surface area contributed by atoms with E-state index in [9.17, 15) is 18.4 Å². The van der Waals surface area contributed by atoms with Crippen LogP contribution in [-0.4, -0.2) is 51.8 Å². The fourth-order valence-corrected chi connectivity index (χ4v) is 2.25. The monoisotopic (exact) mass is 445 g/mol. The molecule has 1 aromatic rings. The van der Waals surface area contributed by atoms with Gasteiger partial charge in [-0.2, -0.15) is 8.78 Å². The van der Waals surface area contributed by atoms with Gasteiger partial charge in [-0.15, -0.1) is 0 Å². The smallest absolute Gasteiger partial charge is 0.407 e. The van der Waals surface area contributed by atoms with Crippen LogP contribution in [0.1, 0.15) is 26.3 Å². The fourth-order valence-electron chi connectivity index (χ4n) is 2.25. The van der Waals surface area contributed by atoms with Crippen molar-refractivity contribution in [3.63, 3.8) is 0 Å². The predicted octanol–water partition coefficient (Wildman–Crippen LogP) is 3.62. The number of alkyl carbamates (subject to hydrolysis) is 1. The van der Waals surface area contributed by atoms with Crippen LogP contribution in [0, 0.1) is 5.41 Å². The number of hydrogen-bond donors (Lipinski definition) is 1. The van der Waals surface area contributed by atoms with Crippen molar-refractivity contribution >= 4 is 12.1 Å². The van der Waals surface area contributed by atoms with Gasteiger partial charge in [-0.05, 0) is 5.56 Å². The Morgan fingerprint density at radius 3 is 2.32 bits per heavy atom. The Morgan fingerprint density at radius 2 is 1.74 bits per heavy atom. The molecule has 8 nitrogen and oxygen atoms in total. The van der Waals surface area contributed by atoms with E-state index in [1.54, 1.807) is 45.0 Å². The molecule has 0 aliphatic carbocycles. The molecule has 0 fully saturated rings. The van der Waals surface area contributed by atoms with Crippen LogP contribution in [0.25, 0.3) is 0 Å². The highest BCUT2D eigenvalue weighted by Crippen LogP contribution is 2.31. The third kappa shape index (κ3) is 10.7. The number of halogens is 2. The van der Waals surface area contributed by atoms with Gasteiger partial charge in [0.2, 0.25) is 5.76 Å². The molecule has 31 heavy (non-hydrogen) atoms. The highest BCUT2D eigenvalue weighted by molar-refractivity contribution is 5.78. The number of carbonyl (C=O) groups is 2. The van der Waals surface area contributed by atoms with E-state index in [0.29, 0.717) is 0 Å². The number of benzene rings is 1. The molecule has 1 aromatic carbocycles. The molecule has 0 bridgehead atoms. The molecular weight excluding hydrogens is 416 g/mol. The number of ether oxygens (including phenoxy) is 5. The lowest BCUT2D eigenvalue weighted by Gasteiger charge is -2.31. The zero-order valence-electron chi connectivity index (χ0n) is 18.1. The van der Waals surface area contributed by atoms with Gasteiger partial charge >= 0.3 is 18.1 Å². The molecule has 0 saturated heterocycles. The maximum absolute atomic E-state index is 13.5. The molecule has 0 spiro atoms. The Kier molecular flexibility index (Phi) is 11.5.